The van der Waals surface area contributed by atoms with Gasteiger partial charge in [0, 0.05) is 17.9 Å². The average molecular weight is 1180 g/mol. The zero-order valence-electron chi connectivity index (χ0n) is 46.6. The molecule has 4 nitrogen and oxygen atoms in total. The van der Waals surface area contributed by atoms with Crippen molar-refractivity contribution in [3.8, 4) is 17.2 Å². The monoisotopic (exact) mass is 1180 g/mol. The summed E-state index contributed by atoms with van der Waals surface area (Å²) in [5.74, 6) is -38.1. The van der Waals surface area contributed by atoms with Crippen molar-refractivity contribution in [2.45, 2.75) is 219 Å². The molecular weight excluding hydrogens is 1100 g/mol. The van der Waals surface area contributed by atoms with E-state index in [0.717, 1.165) is 64.2 Å². The largest absolute Gasteiger partial charge is 0.864 e. The number of hydrogen-bond acceptors (Lipinski definition) is 3. The van der Waals surface area contributed by atoms with Crippen LogP contribution in [0.15, 0.2) is 18.2 Å². The Hall–Kier alpha value is -4.82. The van der Waals surface area contributed by atoms with Gasteiger partial charge in [-0.15, -0.1) is 6.07 Å². The van der Waals surface area contributed by atoms with E-state index in [1.54, 1.807) is 0 Å². The molecule has 0 atom stereocenters. The van der Waals surface area contributed by atoms with Crippen LogP contribution in [-0.2, 0) is 0 Å². The Morgan fingerprint density at radius 2 is 0.605 bits per heavy atom. The predicted octanol–water partition coefficient (Wildman–Crippen LogP) is 20.0. The van der Waals surface area contributed by atoms with E-state index in [4.69, 9.17) is 14.0 Å². The van der Waals surface area contributed by atoms with Gasteiger partial charge in [0.05, 0.1) is 30.5 Å². The van der Waals surface area contributed by atoms with Crippen LogP contribution < -0.4 is 18.9 Å². The first-order valence-electron chi connectivity index (χ1n) is 28.9. The molecule has 0 aliphatic carbocycles. The normalized spacial score (nSPS) is 11.4. The highest BCUT2D eigenvalue weighted by Crippen LogP contribution is 2.35. The van der Waals surface area contributed by atoms with Gasteiger partial charge in [-0.05, 0) is 25.7 Å². The summed E-state index contributed by atoms with van der Waals surface area (Å²) in [6, 6.07) is 1.08. The molecule has 4 aromatic carbocycles. The van der Waals surface area contributed by atoms with Gasteiger partial charge >= 0.3 is 7.32 Å². The first-order chi connectivity index (χ1) is 38.9. The Morgan fingerprint density at radius 3 is 0.938 bits per heavy atom. The van der Waals surface area contributed by atoms with E-state index < -0.39 is 123 Å². The molecule has 0 bridgehead atoms. The first-order valence-corrected chi connectivity index (χ1v) is 28.9. The zero-order chi connectivity index (χ0) is 59.7. The summed E-state index contributed by atoms with van der Waals surface area (Å²) in [5.41, 5.74) is -1.03. The lowest BCUT2D eigenvalue weighted by molar-refractivity contribution is -0.835. The molecule has 0 aromatic heterocycles. The highest BCUT2D eigenvalue weighted by atomic mass is 19.2. The number of hydrogen-bond donors (Lipinski definition) is 1. The highest BCUT2D eigenvalue weighted by molar-refractivity contribution is 6.39. The van der Waals surface area contributed by atoms with Crippen LogP contribution >= 0.6 is 0 Å². The Bertz CT molecular complexity index is 2330. The molecule has 0 heterocycles. The Morgan fingerprint density at radius 1 is 0.309 bits per heavy atom. The van der Waals surface area contributed by atoms with Crippen LogP contribution in [-0.4, -0.2) is 20.4 Å². The molecule has 0 unspecified atom stereocenters. The smallest absolute Gasteiger partial charge is 0.484 e. The van der Waals surface area contributed by atoms with Gasteiger partial charge in [-0.2, -0.15) is 22.0 Å². The molecule has 4 rings (SSSR count). The second kappa shape index (κ2) is 39.6. The van der Waals surface area contributed by atoms with Crippen molar-refractivity contribution in [2.75, 3.05) is 13.1 Å². The lowest BCUT2D eigenvalue weighted by Crippen LogP contribution is -3.07. The standard InChI is InChI=1S/C54H76BF12NO3.C6HF4/c1-3-5-7-9-11-13-15-17-19-21-23-25-27-29-31-33-35-68(36-34-32-30-28-26-24-22-20-18-16-14-12-10-8-6-4-2)51-46(63)45(62)49(66)54(50(51)67)71-55(69-52-41(58)37-39(56)43(60)47(52)64)70-53-42(59)38-40(57)44(61)48(53)65;7-3-1-4(8)6(10)5(9)2-3/h37-38H,3-36H2,1-2H3;1H/q;-1/p+1. The molecule has 0 amide bonds. The second-order valence-electron chi connectivity index (χ2n) is 20.5. The Kier molecular flexibility index (Phi) is 34.5. The van der Waals surface area contributed by atoms with Crippen LogP contribution in [0.3, 0.4) is 0 Å². The second-order valence-corrected chi connectivity index (χ2v) is 20.5. The first kappa shape index (κ1) is 70.5. The minimum Gasteiger partial charge on any atom is -0.484 e. The van der Waals surface area contributed by atoms with Crippen molar-refractivity contribution < 1.29 is 89.1 Å². The molecule has 0 aliphatic heterocycles. The molecule has 0 aliphatic rings. The van der Waals surface area contributed by atoms with E-state index in [-0.39, 0.29) is 36.2 Å². The van der Waals surface area contributed by atoms with Gasteiger partial charge < -0.3 is 14.0 Å². The average Bonchev–Trinajstić information content (AvgIpc) is 3.45. The van der Waals surface area contributed by atoms with Crippen LogP contribution in [0, 0.1) is 99.1 Å². The fourth-order valence-electron chi connectivity index (χ4n) is 9.33. The number of quaternary nitrogens is 1. The molecule has 21 heteroatoms. The van der Waals surface area contributed by atoms with Crippen molar-refractivity contribution in [3.05, 3.63) is 117 Å². The summed E-state index contributed by atoms with van der Waals surface area (Å²) in [6.07, 6.45) is 34.7. The molecular formula is C60H78BF16NO3. The van der Waals surface area contributed by atoms with Gasteiger partial charge in [0.15, 0.2) is 52.2 Å². The quantitative estimate of drug-likeness (QED) is 0.0120. The van der Waals surface area contributed by atoms with Crippen LogP contribution in [0.1, 0.15) is 219 Å². The molecule has 0 saturated carbocycles. The number of benzene rings is 4. The van der Waals surface area contributed by atoms with E-state index in [9.17, 15) is 52.7 Å². The van der Waals surface area contributed by atoms with Gasteiger partial charge in [0.2, 0.25) is 40.6 Å². The van der Waals surface area contributed by atoms with Gasteiger partial charge in [0.25, 0.3) is 0 Å². The third-order valence-corrected chi connectivity index (χ3v) is 13.9. The highest BCUT2D eigenvalue weighted by Gasteiger charge is 2.42. The SMILES string of the molecule is CCCCCCCCCCCCCCCCCC[NH+](CCCCCCCCCCCCCCCCCC)c1c(F)c(F)c(F)c(OB(Oc2c(F)cc(F)c(F)c2F)Oc2c(F)cc(F)c(F)c2F)c1F.Fc1[c-]c(F)c(F)c(F)c1. The zero-order valence-corrected chi connectivity index (χ0v) is 46.6. The maximum atomic E-state index is 16.6. The summed E-state index contributed by atoms with van der Waals surface area (Å²) in [5, 5.41) is 0. The number of unbranched alkanes of at least 4 members (excludes halogenated alkanes) is 30. The van der Waals surface area contributed by atoms with E-state index in [1.165, 1.54) is 122 Å². The Balaban J connectivity index is 0.00000154. The van der Waals surface area contributed by atoms with Gasteiger partial charge in [-0.1, -0.05) is 200 Å². The van der Waals surface area contributed by atoms with Crippen molar-refractivity contribution >= 4 is 13.0 Å². The minimum absolute atomic E-state index is 0.0442. The van der Waals surface area contributed by atoms with Crippen molar-refractivity contribution in [3.63, 3.8) is 0 Å². The number of halogens is 16. The van der Waals surface area contributed by atoms with Gasteiger partial charge in [0.1, 0.15) is 0 Å². The number of rotatable bonds is 41. The van der Waals surface area contributed by atoms with Gasteiger partial charge in [-0.25, -0.2) is 43.9 Å². The maximum Gasteiger partial charge on any atom is 0.864 e. The lowest BCUT2D eigenvalue weighted by atomic mass is 10.0. The molecule has 0 fully saturated rings. The summed E-state index contributed by atoms with van der Waals surface area (Å²) in [6.45, 7) is 4.50. The van der Waals surface area contributed by atoms with E-state index in [0.29, 0.717) is 25.7 Å². The van der Waals surface area contributed by atoms with Crippen LogP contribution in [0.2, 0.25) is 0 Å². The molecule has 4 aromatic rings. The van der Waals surface area contributed by atoms with Crippen molar-refractivity contribution in [2.24, 2.45) is 0 Å². The molecule has 0 spiro atoms. The van der Waals surface area contributed by atoms with Crippen molar-refractivity contribution in [1.82, 2.24) is 0 Å². The van der Waals surface area contributed by atoms with Crippen LogP contribution in [0.25, 0.3) is 0 Å². The Labute approximate surface area is 467 Å². The van der Waals surface area contributed by atoms with E-state index >= 15 is 17.6 Å². The maximum absolute atomic E-state index is 16.6. The lowest BCUT2D eigenvalue weighted by Gasteiger charge is -2.23. The van der Waals surface area contributed by atoms with E-state index in [1.807, 2.05) is 0 Å². The third-order valence-electron chi connectivity index (χ3n) is 13.9. The minimum atomic E-state index is -3.27. The topological polar surface area (TPSA) is 32.1 Å². The molecule has 0 saturated heterocycles. The molecule has 456 valence electrons. The summed E-state index contributed by atoms with van der Waals surface area (Å²) in [7, 11) is -3.27. The fraction of sp³-hybridized carbons (Fsp3) is 0.600. The number of nitrogens with one attached hydrogen (secondary N) is 1. The summed E-state index contributed by atoms with van der Waals surface area (Å²) in [4.78, 5) is 0.0493. The van der Waals surface area contributed by atoms with Crippen LogP contribution in [0.5, 0.6) is 17.2 Å². The molecule has 0 radical (unpaired) electrons. The van der Waals surface area contributed by atoms with Gasteiger partial charge in [-0.3, -0.25) is 9.29 Å². The van der Waals surface area contributed by atoms with E-state index in [2.05, 4.69) is 13.8 Å². The molecule has 1 N–H and O–H groups in total. The summed E-state index contributed by atoms with van der Waals surface area (Å²) >= 11 is 0. The fourth-order valence-corrected chi connectivity index (χ4v) is 9.33. The molecule has 81 heavy (non-hydrogen) atoms. The summed E-state index contributed by atoms with van der Waals surface area (Å²) < 4.78 is 240. The third kappa shape index (κ3) is 24.9. The van der Waals surface area contributed by atoms with Crippen molar-refractivity contribution in [1.29, 1.82) is 0 Å². The predicted molar refractivity (Wildman–Crippen MR) is 281 cm³/mol. The van der Waals surface area contributed by atoms with Crippen LogP contribution in [0.4, 0.5) is 75.9 Å².